The molecule has 1 N–H and O–H groups in total. The van der Waals surface area contributed by atoms with Crippen LogP contribution in [0.15, 0.2) is 54.6 Å². The maximum absolute atomic E-state index is 11.8. The molecule has 108 valence electrons. The molecule has 1 aliphatic rings. The molecule has 0 unspecified atom stereocenters. The highest BCUT2D eigenvalue weighted by molar-refractivity contribution is 5.86. The van der Waals surface area contributed by atoms with Gasteiger partial charge < -0.3 is 14.2 Å². The summed E-state index contributed by atoms with van der Waals surface area (Å²) in [5.41, 5.74) is 1.50. The van der Waals surface area contributed by atoms with Gasteiger partial charge in [0.1, 0.15) is 5.75 Å². The molecule has 1 fully saturated rings. The van der Waals surface area contributed by atoms with E-state index >= 15 is 0 Å². The van der Waals surface area contributed by atoms with Gasteiger partial charge >= 0.3 is 6.09 Å². The monoisotopic (exact) mass is 285 g/mol. The van der Waals surface area contributed by atoms with E-state index in [2.05, 4.69) is 5.32 Å². The van der Waals surface area contributed by atoms with Crippen LogP contribution in [0.5, 0.6) is 5.75 Å². The number of ether oxygens (including phenoxy) is 3. The van der Waals surface area contributed by atoms with Gasteiger partial charge in [0.15, 0.2) is 6.29 Å². The Bertz CT molecular complexity index is 609. The third-order valence-corrected chi connectivity index (χ3v) is 2.98. The van der Waals surface area contributed by atoms with Crippen molar-refractivity contribution in [1.82, 2.24) is 0 Å². The second-order valence-electron chi connectivity index (χ2n) is 4.53. The summed E-state index contributed by atoms with van der Waals surface area (Å²) in [5, 5.41) is 2.68. The van der Waals surface area contributed by atoms with Gasteiger partial charge in [0.05, 0.1) is 13.2 Å². The number of rotatable bonds is 3. The SMILES string of the molecule is O=C(Nc1cccc(C2OCCO2)c1)Oc1ccccc1. The molecule has 0 aromatic heterocycles. The van der Waals surface area contributed by atoms with Gasteiger partial charge in [-0.3, -0.25) is 5.32 Å². The molecule has 1 saturated heterocycles. The van der Waals surface area contributed by atoms with Crippen LogP contribution in [0.1, 0.15) is 11.9 Å². The number of anilines is 1. The topological polar surface area (TPSA) is 56.8 Å². The van der Waals surface area contributed by atoms with Crippen LogP contribution >= 0.6 is 0 Å². The fourth-order valence-electron chi connectivity index (χ4n) is 2.05. The summed E-state index contributed by atoms with van der Waals surface area (Å²) >= 11 is 0. The molecule has 1 aliphatic heterocycles. The lowest BCUT2D eigenvalue weighted by Gasteiger charge is -2.11. The largest absolute Gasteiger partial charge is 0.417 e. The van der Waals surface area contributed by atoms with Crippen LogP contribution in [-0.2, 0) is 9.47 Å². The second-order valence-corrected chi connectivity index (χ2v) is 4.53. The maximum atomic E-state index is 11.8. The molecule has 0 atom stereocenters. The van der Waals surface area contributed by atoms with Gasteiger partial charge in [0.25, 0.3) is 0 Å². The molecular formula is C16H15NO4. The predicted octanol–water partition coefficient (Wildman–Crippen LogP) is 3.34. The molecule has 21 heavy (non-hydrogen) atoms. The summed E-state index contributed by atoms with van der Waals surface area (Å²) in [4.78, 5) is 11.8. The van der Waals surface area contributed by atoms with Crippen molar-refractivity contribution in [1.29, 1.82) is 0 Å². The van der Waals surface area contributed by atoms with Crippen LogP contribution in [0.4, 0.5) is 10.5 Å². The molecule has 0 radical (unpaired) electrons. The number of para-hydroxylation sites is 1. The van der Waals surface area contributed by atoms with Crippen LogP contribution in [0.25, 0.3) is 0 Å². The van der Waals surface area contributed by atoms with Crippen molar-refractivity contribution in [2.45, 2.75) is 6.29 Å². The highest BCUT2D eigenvalue weighted by Crippen LogP contribution is 2.25. The Morgan fingerprint density at radius 1 is 1.05 bits per heavy atom. The maximum Gasteiger partial charge on any atom is 0.417 e. The zero-order chi connectivity index (χ0) is 14.5. The lowest BCUT2D eigenvalue weighted by Crippen LogP contribution is -2.16. The lowest BCUT2D eigenvalue weighted by atomic mass is 10.2. The normalized spacial score (nSPS) is 14.9. The van der Waals surface area contributed by atoms with E-state index in [4.69, 9.17) is 14.2 Å². The number of hydrogen-bond donors (Lipinski definition) is 1. The first-order chi connectivity index (χ1) is 10.3. The molecular weight excluding hydrogens is 270 g/mol. The molecule has 0 spiro atoms. The molecule has 5 heteroatoms. The third-order valence-electron chi connectivity index (χ3n) is 2.98. The van der Waals surface area contributed by atoms with E-state index in [1.54, 1.807) is 30.3 Å². The van der Waals surface area contributed by atoms with Gasteiger partial charge in [0.2, 0.25) is 0 Å². The standard InChI is InChI=1S/C16H15NO4/c18-16(21-14-7-2-1-3-8-14)17-13-6-4-5-12(11-13)15-19-9-10-20-15/h1-8,11,15H,9-10H2,(H,17,18). The summed E-state index contributed by atoms with van der Waals surface area (Å²) in [6.07, 6.45) is -0.900. The minimum Gasteiger partial charge on any atom is -0.410 e. The molecule has 5 nitrogen and oxygen atoms in total. The predicted molar refractivity (Wildman–Crippen MR) is 77.2 cm³/mol. The average Bonchev–Trinajstić information content (AvgIpc) is 3.02. The van der Waals surface area contributed by atoms with Gasteiger partial charge in [-0.2, -0.15) is 0 Å². The van der Waals surface area contributed by atoms with Gasteiger partial charge in [0, 0.05) is 11.3 Å². The van der Waals surface area contributed by atoms with Crippen molar-refractivity contribution in [2.75, 3.05) is 18.5 Å². The van der Waals surface area contributed by atoms with E-state index < -0.39 is 6.09 Å². The first-order valence-electron chi connectivity index (χ1n) is 6.68. The van der Waals surface area contributed by atoms with Gasteiger partial charge in [-0.25, -0.2) is 4.79 Å². The second kappa shape index (κ2) is 6.39. The van der Waals surface area contributed by atoms with Crippen LogP contribution in [0, 0.1) is 0 Å². The third kappa shape index (κ3) is 3.59. The fraction of sp³-hybridized carbons (Fsp3) is 0.188. The Balaban J connectivity index is 1.64. The van der Waals surface area contributed by atoms with Gasteiger partial charge in [-0.15, -0.1) is 0 Å². The number of carbonyl (C=O) groups is 1. The Morgan fingerprint density at radius 3 is 2.57 bits per heavy atom. The number of carbonyl (C=O) groups excluding carboxylic acids is 1. The summed E-state index contributed by atoms with van der Waals surface area (Å²) in [5.74, 6) is 0.494. The van der Waals surface area contributed by atoms with E-state index in [0.29, 0.717) is 24.7 Å². The quantitative estimate of drug-likeness (QED) is 0.939. The highest BCUT2D eigenvalue weighted by atomic mass is 16.7. The summed E-state index contributed by atoms with van der Waals surface area (Å²) in [6.45, 7) is 1.16. The van der Waals surface area contributed by atoms with Crippen molar-refractivity contribution >= 4 is 11.8 Å². The van der Waals surface area contributed by atoms with Crippen LogP contribution in [-0.4, -0.2) is 19.3 Å². The zero-order valence-electron chi connectivity index (χ0n) is 11.3. The summed E-state index contributed by atoms with van der Waals surface area (Å²) in [7, 11) is 0. The number of benzene rings is 2. The number of amides is 1. The van der Waals surface area contributed by atoms with Gasteiger partial charge in [-0.05, 0) is 24.3 Å². The molecule has 2 aromatic carbocycles. The number of hydrogen-bond acceptors (Lipinski definition) is 4. The van der Waals surface area contributed by atoms with E-state index in [-0.39, 0.29) is 6.29 Å². The first kappa shape index (κ1) is 13.6. The fourth-order valence-corrected chi connectivity index (χ4v) is 2.05. The molecule has 0 bridgehead atoms. The molecule has 1 heterocycles. The Labute approximate surface area is 122 Å². The minimum absolute atomic E-state index is 0.364. The smallest absolute Gasteiger partial charge is 0.410 e. The Kier molecular flexibility index (Phi) is 4.14. The van der Waals surface area contributed by atoms with E-state index in [1.165, 1.54) is 0 Å². The van der Waals surface area contributed by atoms with E-state index in [1.807, 2.05) is 24.3 Å². The first-order valence-corrected chi connectivity index (χ1v) is 6.68. The molecule has 0 aliphatic carbocycles. The molecule has 2 aromatic rings. The van der Waals surface area contributed by atoms with E-state index in [0.717, 1.165) is 5.56 Å². The van der Waals surface area contributed by atoms with E-state index in [9.17, 15) is 4.79 Å². The Morgan fingerprint density at radius 2 is 1.81 bits per heavy atom. The molecule has 1 amide bonds. The van der Waals surface area contributed by atoms with Crippen molar-refractivity contribution in [3.05, 3.63) is 60.2 Å². The molecule has 0 saturated carbocycles. The van der Waals surface area contributed by atoms with Crippen molar-refractivity contribution in [2.24, 2.45) is 0 Å². The van der Waals surface area contributed by atoms with Crippen molar-refractivity contribution in [3.8, 4) is 5.75 Å². The van der Waals surface area contributed by atoms with Gasteiger partial charge in [-0.1, -0.05) is 30.3 Å². The van der Waals surface area contributed by atoms with Crippen molar-refractivity contribution in [3.63, 3.8) is 0 Å². The Hall–Kier alpha value is -2.37. The summed E-state index contributed by atoms with van der Waals surface area (Å²) < 4.78 is 16.0. The lowest BCUT2D eigenvalue weighted by molar-refractivity contribution is -0.0440. The van der Waals surface area contributed by atoms with Crippen LogP contribution < -0.4 is 10.1 Å². The number of nitrogens with one attached hydrogen (secondary N) is 1. The van der Waals surface area contributed by atoms with Crippen LogP contribution in [0.3, 0.4) is 0 Å². The minimum atomic E-state index is -0.536. The zero-order valence-corrected chi connectivity index (χ0v) is 11.3. The average molecular weight is 285 g/mol. The van der Waals surface area contributed by atoms with Crippen molar-refractivity contribution < 1.29 is 19.0 Å². The summed E-state index contributed by atoms with van der Waals surface area (Å²) in [6, 6.07) is 16.2. The van der Waals surface area contributed by atoms with Crippen LogP contribution in [0.2, 0.25) is 0 Å². The molecule has 3 rings (SSSR count). The highest BCUT2D eigenvalue weighted by Gasteiger charge is 2.18.